The molecule has 0 saturated carbocycles. The number of hydrogen-bond acceptors (Lipinski definition) is 5. The molecule has 1 aliphatic heterocycles. The van der Waals surface area contributed by atoms with E-state index < -0.39 is 0 Å². The minimum absolute atomic E-state index is 0.0679. The maximum absolute atomic E-state index is 9.18. The Hall–Kier alpha value is -0.980. The molecule has 1 unspecified atom stereocenters. The van der Waals surface area contributed by atoms with Crippen molar-refractivity contribution >= 4 is 22.9 Å². The van der Waals surface area contributed by atoms with Crippen LogP contribution in [0.1, 0.15) is 5.69 Å². The molecule has 4 nitrogen and oxygen atoms in total. The van der Waals surface area contributed by atoms with Gasteiger partial charge in [0.25, 0.3) is 0 Å². The average Bonchev–Trinajstić information content (AvgIpc) is 2.96. The number of nitrogens with zero attached hydrogens (tertiary/aromatic N) is 2. The maximum Gasteiger partial charge on any atom is 0.125 e. The van der Waals surface area contributed by atoms with Crippen molar-refractivity contribution in [3.8, 4) is 10.6 Å². The minimum Gasteiger partial charge on any atom is -0.394 e. The summed E-state index contributed by atoms with van der Waals surface area (Å²) in [4.78, 5) is 6.94. The summed E-state index contributed by atoms with van der Waals surface area (Å²) in [5, 5.41) is 12.9. The van der Waals surface area contributed by atoms with E-state index >= 15 is 0 Å². The van der Waals surface area contributed by atoms with Crippen LogP contribution >= 0.6 is 22.9 Å². The Morgan fingerprint density at radius 3 is 3.10 bits per heavy atom. The second kappa shape index (κ2) is 6.85. The number of aliphatic hydroxyl groups excluding tert-OH is 1. The zero-order valence-electron chi connectivity index (χ0n) is 11.5. The first kappa shape index (κ1) is 14.9. The van der Waals surface area contributed by atoms with Crippen LogP contribution in [0.15, 0.2) is 29.6 Å². The molecule has 0 radical (unpaired) electrons. The van der Waals surface area contributed by atoms with Crippen LogP contribution in [-0.4, -0.2) is 47.4 Å². The average molecular weight is 325 g/mol. The predicted molar refractivity (Wildman–Crippen MR) is 84.7 cm³/mol. The fourth-order valence-electron chi connectivity index (χ4n) is 2.40. The fraction of sp³-hybridized carbons (Fsp3) is 0.400. The molecule has 0 bridgehead atoms. The summed E-state index contributed by atoms with van der Waals surface area (Å²) >= 11 is 7.82. The molecule has 1 aromatic heterocycles. The van der Waals surface area contributed by atoms with Gasteiger partial charge in [-0.3, -0.25) is 4.90 Å². The van der Waals surface area contributed by atoms with Gasteiger partial charge in [0.15, 0.2) is 0 Å². The van der Waals surface area contributed by atoms with Gasteiger partial charge < -0.3 is 9.84 Å². The molecule has 1 saturated heterocycles. The van der Waals surface area contributed by atoms with Crippen LogP contribution in [-0.2, 0) is 11.3 Å². The van der Waals surface area contributed by atoms with Gasteiger partial charge in [0.1, 0.15) is 5.01 Å². The van der Waals surface area contributed by atoms with Crippen molar-refractivity contribution in [1.82, 2.24) is 9.88 Å². The molecule has 0 aliphatic carbocycles. The molecule has 1 N–H and O–H groups in total. The Labute approximate surface area is 133 Å². The third-order valence-electron chi connectivity index (χ3n) is 3.47. The highest BCUT2D eigenvalue weighted by Gasteiger charge is 2.20. The molecule has 112 valence electrons. The Bertz CT molecular complexity index is 605. The zero-order valence-corrected chi connectivity index (χ0v) is 13.1. The van der Waals surface area contributed by atoms with Crippen molar-refractivity contribution in [2.45, 2.75) is 12.6 Å². The van der Waals surface area contributed by atoms with Gasteiger partial charge in [-0.1, -0.05) is 29.8 Å². The van der Waals surface area contributed by atoms with E-state index in [1.807, 2.05) is 24.3 Å². The quantitative estimate of drug-likeness (QED) is 0.939. The van der Waals surface area contributed by atoms with Crippen LogP contribution in [0.25, 0.3) is 10.6 Å². The smallest absolute Gasteiger partial charge is 0.125 e. The molecular formula is C15H17ClN2O2S. The number of rotatable bonds is 4. The first-order valence-electron chi connectivity index (χ1n) is 6.90. The number of ether oxygens (including phenoxy) is 1. The molecule has 3 rings (SSSR count). The van der Waals surface area contributed by atoms with Crippen LogP contribution < -0.4 is 0 Å². The minimum atomic E-state index is -0.0829. The Kier molecular flexibility index (Phi) is 4.87. The number of aliphatic hydroxyl groups is 1. The lowest BCUT2D eigenvalue weighted by Gasteiger charge is -2.31. The van der Waals surface area contributed by atoms with Gasteiger partial charge >= 0.3 is 0 Å². The zero-order chi connectivity index (χ0) is 14.7. The number of thiazole rings is 1. The van der Waals surface area contributed by atoms with Crippen molar-refractivity contribution in [3.05, 3.63) is 40.4 Å². The maximum atomic E-state index is 9.18. The van der Waals surface area contributed by atoms with Gasteiger partial charge in [-0.2, -0.15) is 0 Å². The molecule has 21 heavy (non-hydrogen) atoms. The molecule has 1 atom stereocenters. The number of morpholine rings is 1. The molecule has 0 amide bonds. The normalized spacial score (nSPS) is 19.8. The van der Waals surface area contributed by atoms with Crippen LogP contribution in [0.2, 0.25) is 5.02 Å². The summed E-state index contributed by atoms with van der Waals surface area (Å²) in [5.41, 5.74) is 2.01. The Balaban J connectivity index is 1.69. The molecular weight excluding hydrogens is 308 g/mol. The number of benzene rings is 1. The lowest BCUT2D eigenvalue weighted by atomic mass is 10.2. The fourth-order valence-corrected chi connectivity index (χ4v) is 3.53. The molecule has 2 aromatic rings. The Morgan fingerprint density at radius 1 is 1.43 bits per heavy atom. The van der Waals surface area contributed by atoms with Crippen molar-refractivity contribution in [2.24, 2.45) is 0 Å². The van der Waals surface area contributed by atoms with E-state index in [0.717, 1.165) is 40.9 Å². The van der Waals surface area contributed by atoms with E-state index in [1.165, 1.54) is 0 Å². The van der Waals surface area contributed by atoms with Crippen LogP contribution in [0.4, 0.5) is 0 Å². The van der Waals surface area contributed by atoms with Gasteiger partial charge in [-0.25, -0.2) is 4.98 Å². The summed E-state index contributed by atoms with van der Waals surface area (Å²) < 4.78 is 5.46. The van der Waals surface area contributed by atoms with E-state index in [9.17, 15) is 5.11 Å². The lowest BCUT2D eigenvalue weighted by Crippen LogP contribution is -2.43. The van der Waals surface area contributed by atoms with Crippen LogP contribution in [0.3, 0.4) is 0 Å². The third-order valence-corrected chi connectivity index (χ3v) is 4.72. The summed E-state index contributed by atoms with van der Waals surface area (Å²) in [7, 11) is 0. The largest absolute Gasteiger partial charge is 0.394 e. The topological polar surface area (TPSA) is 45.6 Å². The van der Waals surface area contributed by atoms with Crippen LogP contribution in [0, 0.1) is 0 Å². The second-order valence-corrected chi connectivity index (χ2v) is 6.30. The molecule has 1 aromatic carbocycles. The van der Waals surface area contributed by atoms with E-state index in [2.05, 4.69) is 15.3 Å². The van der Waals surface area contributed by atoms with Gasteiger partial charge in [0.2, 0.25) is 0 Å². The summed E-state index contributed by atoms with van der Waals surface area (Å²) in [6, 6.07) is 7.76. The summed E-state index contributed by atoms with van der Waals surface area (Å²) in [6.45, 7) is 3.12. The molecule has 6 heteroatoms. The first-order valence-corrected chi connectivity index (χ1v) is 8.16. The van der Waals surface area contributed by atoms with E-state index in [-0.39, 0.29) is 12.7 Å². The highest BCUT2D eigenvalue weighted by molar-refractivity contribution is 7.13. The lowest BCUT2D eigenvalue weighted by molar-refractivity contribution is -0.0553. The first-order chi connectivity index (χ1) is 10.3. The number of halogens is 1. The third kappa shape index (κ3) is 3.62. The number of hydrogen-bond donors (Lipinski definition) is 1. The van der Waals surface area contributed by atoms with E-state index in [0.29, 0.717) is 6.61 Å². The van der Waals surface area contributed by atoms with Crippen molar-refractivity contribution < 1.29 is 9.84 Å². The molecule has 2 heterocycles. The molecule has 1 aliphatic rings. The van der Waals surface area contributed by atoms with Gasteiger partial charge in [-0.05, 0) is 6.07 Å². The molecule has 1 fully saturated rings. The van der Waals surface area contributed by atoms with E-state index in [4.69, 9.17) is 16.3 Å². The highest BCUT2D eigenvalue weighted by atomic mass is 35.5. The van der Waals surface area contributed by atoms with Crippen molar-refractivity contribution in [2.75, 3.05) is 26.3 Å². The summed E-state index contributed by atoms with van der Waals surface area (Å²) in [6.07, 6.45) is -0.0829. The van der Waals surface area contributed by atoms with Crippen molar-refractivity contribution in [3.63, 3.8) is 0 Å². The van der Waals surface area contributed by atoms with Gasteiger partial charge in [0.05, 0.1) is 30.0 Å². The van der Waals surface area contributed by atoms with Gasteiger partial charge in [-0.15, -0.1) is 11.3 Å². The highest BCUT2D eigenvalue weighted by Crippen LogP contribution is 2.30. The predicted octanol–water partition coefficient (Wildman–Crippen LogP) is 2.66. The standard InChI is InChI=1S/C15H17ClN2O2S/c16-14-4-2-1-3-13(14)15-17-11(10-21-15)7-18-5-6-20-12(8-18)9-19/h1-4,10,12,19H,5-9H2. The molecule has 0 spiro atoms. The Morgan fingerprint density at radius 2 is 2.29 bits per heavy atom. The summed E-state index contributed by atoms with van der Waals surface area (Å²) in [5.74, 6) is 0. The SMILES string of the molecule is OCC1CN(Cc2csc(-c3ccccc3Cl)n2)CCO1. The second-order valence-electron chi connectivity index (χ2n) is 5.03. The van der Waals surface area contributed by atoms with Gasteiger partial charge in [0, 0.05) is 30.6 Å². The van der Waals surface area contributed by atoms with Crippen molar-refractivity contribution in [1.29, 1.82) is 0 Å². The van der Waals surface area contributed by atoms with E-state index in [1.54, 1.807) is 11.3 Å². The number of aromatic nitrogens is 1. The van der Waals surface area contributed by atoms with Crippen LogP contribution in [0.5, 0.6) is 0 Å². The monoisotopic (exact) mass is 324 g/mol.